The van der Waals surface area contributed by atoms with Gasteiger partial charge in [0.05, 0.1) is 5.56 Å². The van der Waals surface area contributed by atoms with Crippen LogP contribution in [0.2, 0.25) is 0 Å². The van der Waals surface area contributed by atoms with Crippen LogP contribution in [0.4, 0.5) is 0 Å². The van der Waals surface area contributed by atoms with Gasteiger partial charge in [-0.15, -0.1) is 11.8 Å². The summed E-state index contributed by atoms with van der Waals surface area (Å²) in [5.74, 6) is -0.0991. The van der Waals surface area contributed by atoms with Gasteiger partial charge >= 0.3 is 5.97 Å². The van der Waals surface area contributed by atoms with E-state index in [-0.39, 0.29) is 0 Å². The van der Waals surface area contributed by atoms with Gasteiger partial charge in [-0.2, -0.15) is 11.3 Å². The van der Waals surface area contributed by atoms with Crippen molar-refractivity contribution in [2.45, 2.75) is 10.6 Å². The van der Waals surface area contributed by atoms with Crippen molar-refractivity contribution < 1.29 is 9.90 Å². The molecule has 0 bridgehead atoms. The van der Waals surface area contributed by atoms with Crippen molar-refractivity contribution in [1.29, 1.82) is 0 Å². The lowest BCUT2D eigenvalue weighted by molar-refractivity contribution is 0.0694. The number of pyridine rings is 1. The highest BCUT2D eigenvalue weighted by Crippen LogP contribution is 2.29. The van der Waals surface area contributed by atoms with E-state index in [1.165, 1.54) is 23.1 Å². The van der Waals surface area contributed by atoms with Crippen LogP contribution in [0.1, 0.15) is 15.9 Å². The van der Waals surface area contributed by atoms with E-state index in [0.717, 1.165) is 16.2 Å². The van der Waals surface area contributed by atoms with Gasteiger partial charge in [-0.25, -0.2) is 4.79 Å². The van der Waals surface area contributed by atoms with Gasteiger partial charge in [0.1, 0.15) is 0 Å². The standard InChI is InChI=1S/C11H9NO2S2/c13-11(14)9-6-15-7-10(9)16-5-8-1-3-12-4-2-8/h1-4,6-7H,5H2,(H,13,14). The number of aromatic carboxylic acids is 1. The zero-order valence-electron chi connectivity index (χ0n) is 8.29. The molecule has 0 aliphatic carbocycles. The number of carbonyl (C=O) groups is 1. The molecule has 0 saturated carbocycles. The summed E-state index contributed by atoms with van der Waals surface area (Å²) in [6.45, 7) is 0. The topological polar surface area (TPSA) is 50.2 Å². The number of nitrogens with zero attached hydrogens (tertiary/aromatic N) is 1. The maximum absolute atomic E-state index is 10.9. The Bertz CT molecular complexity index is 482. The number of carboxylic acids is 1. The molecular weight excluding hydrogens is 242 g/mol. The Labute approximate surface area is 101 Å². The zero-order chi connectivity index (χ0) is 11.4. The first-order chi connectivity index (χ1) is 7.77. The highest BCUT2D eigenvalue weighted by atomic mass is 32.2. The number of hydrogen-bond donors (Lipinski definition) is 1. The second-order valence-electron chi connectivity index (χ2n) is 3.10. The molecule has 0 aromatic carbocycles. The minimum atomic E-state index is -0.863. The van der Waals surface area contributed by atoms with Gasteiger partial charge in [0.15, 0.2) is 0 Å². The van der Waals surface area contributed by atoms with E-state index in [9.17, 15) is 4.79 Å². The van der Waals surface area contributed by atoms with E-state index in [2.05, 4.69) is 4.98 Å². The molecule has 2 aromatic rings. The second kappa shape index (κ2) is 5.14. The monoisotopic (exact) mass is 251 g/mol. The van der Waals surface area contributed by atoms with E-state index in [4.69, 9.17) is 5.11 Å². The SMILES string of the molecule is O=C(O)c1cscc1SCc1ccncc1. The molecule has 0 spiro atoms. The fourth-order valence-electron chi connectivity index (χ4n) is 1.19. The molecule has 0 aliphatic rings. The summed E-state index contributed by atoms with van der Waals surface area (Å²) in [5, 5.41) is 12.5. The Hall–Kier alpha value is -1.33. The molecular formula is C11H9NO2S2. The fraction of sp³-hybridized carbons (Fsp3) is 0.0909. The molecule has 16 heavy (non-hydrogen) atoms. The van der Waals surface area contributed by atoms with E-state index in [1.54, 1.807) is 17.8 Å². The first-order valence-corrected chi connectivity index (χ1v) is 6.51. The van der Waals surface area contributed by atoms with E-state index in [0.29, 0.717) is 5.56 Å². The summed E-state index contributed by atoms with van der Waals surface area (Å²) in [6, 6.07) is 3.86. The minimum Gasteiger partial charge on any atom is -0.478 e. The van der Waals surface area contributed by atoms with Crippen LogP contribution in [0, 0.1) is 0 Å². The predicted molar refractivity (Wildman–Crippen MR) is 65.1 cm³/mol. The molecule has 2 heterocycles. The van der Waals surface area contributed by atoms with Gasteiger partial charge in [0, 0.05) is 33.8 Å². The van der Waals surface area contributed by atoms with Crippen LogP contribution < -0.4 is 0 Å². The van der Waals surface area contributed by atoms with Crippen LogP contribution in [0.3, 0.4) is 0 Å². The van der Waals surface area contributed by atoms with E-state index in [1.807, 2.05) is 17.5 Å². The highest BCUT2D eigenvalue weighted by Gasteiger charge is 2.11. The van der Waals surface area contributed by atoms with Crippen molar-refractivity contribution in [1.82, 2.24) is 4.98 Å². The molecule has 1 N–H and O–H groups in total. The van der Waals surface area contributed by atoms with Crippen molar-refractivity contribution in [3.8, 4) is 0 Å². The third-order valence-electron chi connectivity index (χ3n) is 2.00. The largest absolute Gasteiger partial charge is 0.478 e. The summed E-state index contributed by atoms with van der Waals surface area (Å²) in [7, 11) is 0. The van der Waals surface area contributed by atoms with Gasteiger partial charge in [-0.3, -0.25) is 4.98 Å². The third-order valence-corrected chi connectivity index (χ3v) is 4.02. The molecule has 0 atom stereocenters. The quantitative estimate of drug-likeness (QED) is 0.848. The van der Waals surface area contributed by atoms with Crippen molar-refractivity contribution in [3.05, 3.63) is 46.4 Å². The lowest BCUT2D eigenvalue weighted by Crippen LogP contribution is -1.95. The number of hydrogen-bond acceptors (Lipinski definition) is 4. The lowest BCUT2D eigenvalue weighted by atomic mass is 10.3. The zero-order valence-corrected chi connectivity index (χ0v) is 9.92. The van der Waals surface area contributed by atoms with E-state index < -0.39 is 5.97 Å². The Morgan fingerprint density at radius 1 is 1.38 bits per heavy atom. The van der Waals surface area contributed by atoms with Crippen molar-refractivity contribution >= 4 is 29.1 Å². The predicted octanol–water partition coefficient (Wildman–Crippen LogP) is 3.13. The molecule has 82 valence electrons. The maximum Gasteiger partial charge on any atom is 0.337 e. The molecule has 0 radical (unpaired) electrons. The van der Waals surface area contributed by atoms with Gasteiger partial charge < -0.3 is 5.11 Å². The number of carboxylic acid groups (broad SMARTS) is 1. The van der Waals surface area contributed by atoms with Gasteiger partial charge in [0.2, 0.25) is 0 Å². The molecule has 0 aliphatic heterocycles. The Morgan fingerprint density at radius 3 is 2.81 bits per heavy atom. The molecule has 0 saturated heterocycles. The number of rotatable bonds is 4. The van der Waals surface area contributed by atoms with Crippen LogP contribution >= 0.6 is 23.1 Å². The summed E-state index contributed by atoms with van der Waals surface area (Å²) in [5.41, 5.74) is 1.53. The number of aromatic nitrogens is 1. The Kier molecular flexibility index (Phi) is 3.58. The summed E-state index contributed by atoms with van der Waals surface area (Å²) >= 11 is 2.95. The molecule has 2 rings (SSSR count). The number of thiophene rings is 1. The average Bonchev–Trinajstić information content (AvgIpc) is 2.76. The molecule has 0 unspecified atom stereocenters. The molecule has 3 nitrogen and oxygen atoms in total. The lowest BCUT2D eigenvalue weighted by Gasteiger charge is -2.00. The average molecular weight is 251 g/mol. The molecule has 2 aromatic heterocycles. The van der Waals surface area contributed by atoms with Crippen molar-refractivity contribution in [2.24, 2.45) is 0 Å². The van der Waals surface area contributed by atoms with Crippen LogP contribution in [0.25, 0.3) is 0 Å². The van der Waals surface area contributed by atoms with E-state index >= 15 is 0 Å². The van der Waals surface area contributed by atoms with Crippen molar-refractivity contribution in [3.63, 3.8) is 0 Å². The Balaban J connectivity index is 2.05. The Morgan fingerprint density at radius 2 is 2.12 bits per heavy atom. The smallest absolute Gasteiger partial charge is 0.337 e. The molecule has 0 fully saturated rings. The second-order valence-corrected chi connectivity index (χ2v) is 4.86. The first kappa shape index (κ1) is 11.2. The normalized spacial score (nSPS) is 10.2. The summed E-state index contributed by atoms with van der Waals surface area (Å²) in [4.78, 5) is 15.6. The van der Waals surface area contributed by atoms with Gasteiger partial charge in [-0.1, -0.05) is 0 Å². The first-order valence-electron chi connectivity index (χ1n) is 4.58. The number of thioether (sulfide) groups is 1. The summed E-state index contributed by atoms with van der Waals surface area (Å²) in [6.07, 6.45) is 3.48. The summed E-state index contributed by atoms with van der Waals surface area (Å²) < 4.78 is 0. The third kappa shape index (κ3) is 2.62. The highest BCUT2D eigenvalue weighted by molar-refractivity contribution is 7.98. The van der Waals surface area contributed by atoms with Crippen LogP contribution in [-0.4, -0.2) is 16.1 Å². The minimum absolute atomic E-state index is 0.393. The van der Waals surface area contributed by atoms with Crippen molar-refractivity contribution in [2.75, 3.05) is 0 Å². The molecule has 0 amide bonds. The van der Waals surface area contributed by atoms with Crippen LogP contribution in [0.5, 0.6) is 0 Å². The fourth-order valence-corrected chi connectivity index (χ4v) is 3.21. The molecule has 5 heteroatoms. The van der Waals surface area contributed by atoms with Crippen LogP contribution in [0.15, 0.2) is 40.2 Å². The van der Waals surface area contributed by atoms with Gasteiger partial charge in [0.25, 0.3) is 0 Å². The maximum atomic E-state index is 10.9. The van der Waals surface area contributed by atoms with Gasteiger partial charge in [-0.05, 0) is 17.7 Å². The van der Waals surface area contributed by atoms with Crippen LogP contribution in [-0.2, 0) is 5.75 Å².